The van der Waals surface area contributed by atoms with E-state index >= 15 is 0 Å². The lowest BCUT2D eigenvalue weighted by Gasteiger charge is -2.17. The minimum absolute atomic E-state index is 0.0946. The average Bonchev–Trinajstić information content (AvgIpc) is 3.20. The van der Waals surface area contributed by atoms with Crippen LogP contribution in [0.1, 0.15) is 27.7 Å². The molecule has 0 aliphatic heterocycles. The Kier molecular flexibility index (Phi) is 4.98. The van der Waals surface area contributed by atoms with Crippen molar-refractivity contribution in [1.82, 2.24) is 5.32 Å². The second-order valence-corrected chi connectivity index (χ2v) is 5.48. The van der Waals surface area contributed by atoms with Gasteiger partial charge in [0.25, 0.3) is 5.91 Å². The lowest BCUT2D eigenvalue weighted by atomic mass is 10.0. The predicted octanol–water partition coefficient (Wildman–Crippen LogP) is 3.72. The number of hydrogen-bond donors (Lipinski definition) is 1. The largest absolute Gasteiger partial charge is 0.490 e. The van der Waals surface area contributed by atoms with Crippen LogP contribution in [0.15, 0.2) is 71.3 Å². The van der Waals surface area contributed by atoms with Gasteiger partial charge in [0.05, 0.1) is 18.3 Å². The Labute approximate surface area is 149 Å². The first-order valence-electron chi connectivity index (χ1n) is 7.82. The summed E-state index contributed by atoms with van der Waals surface area (Å²) in [5.74, 6) is 0.200. The summed E-state index contributed by atoms with van der Waals surface area (Å²) in [6.45, 7) is 0. The van der Waals surface area contributed by atoms with Crippen LogP contribution in [0.4, 0.5) is 5.69 Å². The number of rotatable bonds is 6. The first-order chi connectivity index (χ1) is 12.6. The SMILES string of the molecule is COc1ccc(C(=O)NC(c2ccccc2)c2ccco2)cc1[N+](=O)[O-]. The van der Waals surface area contributed by atoms with Gasteiger partial charge in [0.15, 0.2) is 5.75 Å². The summed E-state index contributed by atoms with van der Waals surface area (Å²) in [6, 6.07) is 16.4. The highest BCUT2D eigenvalue weighted by Crippen LogP contribution is 2.28. The van der Waals surface area contributed by atoms with Gasteiger partial charge in [-0.15, -0.1) is 0 Å². The molecule has 0 spiro atoms. The van der Waals surface area contributed by atoms with Crippen molar-refractivity contribution in [3.63, 3.8) is 0 Å². The van der Waals surface area contributed by atoms with Gasteiger partial charge in [-0.1, -0.05) is 30.3 Å². The Morgan fingerprint density at radius 1 is 1.15 bits per heavy atom. The quantitative estimate of drug-likeness (QED) is 0.539. The molecule has 0 bridgehead atoms. The molecule has 1 heterocycles. The van der Waals surface area contributed by atoms with Crippen LogP contribution in [0.3, 0.4) is 0 Å². The standard InChI is InChI=1S/C19H16N2O5/c1-25-16-10-9-14(12-15(16)21(23)24)19(22)20-18(17-8-5-11-26-17)13-6-3-2-4-7-13/h2-12,18H,1H3,(H,20,22). The van der Waals surface area contributed by atoms with E-state index in [-0.39, 0.29) is 17.0 Å². The van der Waals surface area contributed by atoms with Gasteiger partial charge in [-0.3, -0.25) is 14.9 Å². The number of nitrogens with zero attached hydrogens (tertiary/aromatic N) is 1. The van der Waals surface area contributed by atoms with Crippen LogP contribution >= 0.6 is 0 Å². The predicted molar refractivity (Wildman–Crippen MR) is 94.1 cm³/mol. The third-order valence-corrected chi connectivity index (χ3v) is 3.87. The van der Waals surface area contributed by atoms with Gasteiger partial charge >= 0.3 is 5.69 Å². The highest BCUT2D eigenvalue weighted by molar-refractivity contribution is 5.95. The molecule has 3 rings (SSSR count). The smallest absolute Gasteiger partial charge is 0.311 e. The zero-order chi connectivity index (χ0) is 18.5. The monoisotopic (exact) mass is 352 g/mol. The van der Waals surface area contributed by atoms with Crippen molar-refractivity contribution in [2.45, 2.75) is 6.04 Å². The number of nitrogens with one attached hydrogen (secondary N) is 1. The summed E-state index contributed by atoms with van der Waals surface area (Å²) < 4.78 is 10.4. The van der Waals surface area contributed by atoms with E-state index in [0.717, 1.165) is 5.56 Å². The van der Waals surface area contributed by atoms with Gasteiger partial charge in [0, 0.05) is 11.6 Å². The van der Waals surface area contributed by atoms with Gasteiger partial charge in [-0.25, -0.2) is 0 Å². The Morgan fingerprint density at radius 2 is 1.92 bits per heavy atom. The number of furan rings is 1. The van der Waals surface area contributed by atoms with Crippen molar-refractivity contribution in [1.29, 1.82) is 0 Å². The van der Waals surface area contributed by atoms with Crippen molar-refractivity contribution in [2.24, 2.45) is 0 Å². The minimum atomic E-state index is -0.586. The lowest BCUT2D eigenvalue weighted by Crippen LogP contribution is -2.29. The summed E-state index contributed by atoms with van der Waals surface area (Å²) >= 11 is 0. The van der Waals surface area contributed by atoms with Gasteiger partial charge < -0.3 is 14.5 Å². The van der Waals surface area contributed by atoms with E-state index in [9.17, 15) is 14.9 Å². The van der Waals surface area contributed by atoms with Crippen molar-refractivity contribution in [3.8, 4) is 5.75 Å². The van der Waals surface area contributed by atoms with E-state index in [0.29, 0.717) is 5.76 Å². The molecule has 2 aromatic carbocycles. The van der Waals surface area contributed by atoms with Crippen LogP contribution in [0, 0.1) is 10.1 Å². The first-order valence-corrected chi connectivity index (χ1v) is 7.82. The number of amides is 1. The number of hydrogen-bond acceptors (Lipinski definition) is 5. The molecule has 1 aromatic heterocycles. The number of ether oxygens (including phenoxy) is 1. The first kappa shape index (κ1) is 17.2. The van der Waals surface area contributed by atoms with E-state index < -0.39 is 16.9 Å². The zero-order valence-electron chi connectivity index (χ0n) is 13.9. The van der Waals surface area contributed by atoms with Crippen molar-refractivity contribution < 1.29 is 18.9 Å². The van der Waals surface area contributed by atoms with Gasteiger partial charge in [0.2, 0.25) is 0 Å². The number of benzene rings is 2. The molecule has 0 aliphatic rings. The highest BCUT2D eigenvalue weighted by Gasteiger charge is 2.23. The fourth-order valence-electron chi connectivity index (χ4n) is 2.61. The maximum atomic E-state index is 12.7. The summed E-state index contributed by atoms with van der Waals surface area (Å²) in [5.41, 5.74) is 0.721. The van der Waals surface area contributed by atoms with Crippen LogP contribution in [-0.4, -0.2) is 17.9 Å². The second-order valence-electron chi connectivity index (χ2n) is 5.48. The highest BCUT2D eigenvalue weighted by atomic mass is 16.6. The molecule has 26 heavy (non-hydrogen) atoms. The van der Waals surface area contributed by atoms with E-state index in [4.69, 9.17) is 9.15 Å². The molecule has 0 fully saturated rings. The van der Waals surface area contributed by atoms with Crippen LogP contribution in [0.2, 0.25) is 0 Å². The summed E-state index contributed by atoms with van der Waals surface area (Å²) in [7, 11) is 1.34. The van der Waals surface area contributed by atoms with E-state index in [1.807, 2.05) is 30.3 Å². The van der Waals surface area contributed by atoms with Crippen molar-refractivity contribution in [2.75, 3.05) is 7.11 Å². The number of methoxy groups -OCH3 is 1. The fourth-order valence-corrected chi connectivity index (χ4v) is 2.61. The molecule has 1 unspecified atom stereocenters. The Morgan fingerprint density at radius 3 is 2.54 bits per heavy atom. The molecule has 0 aliphatic carbocycles. The summed E-state index contributed by atoms with van der Waals surface area (Å²) in [4.78, 5) is 23.3. The second kappa shape index (κ2) is 7.52. The maximum absolute atomic E-state index is 12.7. The average molecular weight is 352 g/mol. The molecule has 7 nitrogen and oxygen atoms in total. The number of carbonyl (C=O) groups excluding carboxylic acids is 1. The Balaban J connectivity index is 1.92. The molecule has 0 radical (unpaired) electrons. The third-order valence-electron chi connectivity index (χ3n) is 3.87. The number of nitro groups is 1. The molecule has 132 valence electrons. The maximum Gasteiger partial charge on any atom is 0.311 e. The number of carbonyl (C=O) groups is 1. The Hall–Kier alpha value is -3.61. The summed E-state index contributed by atoms with van der Waals surface area (Å²) in [5, 5.41) is 14.0. The third kappa shape index (κ3) is 3.56. The van der Waals surface area contributed by atoms with Crippen LogP contribution in [0.5, 0.6) is 5.75 Å². The van der Waals surface area contributed by atoms with Crippen LogP contribution in [0.25, 0.3) is 0 Å². The molecule has 1 atom stereocenters. The molecule has 1 amide bonds. The lowest BCUT2D eigenvalue weighted by molar-refractivity contribution is -0.385. The van der Waals surface area contributed by atoms with Gasteiger partial charge in [-0.2, -0.15) is 0 Å². The molecular formula is C19H16N2O5. The van der Waals surface area contributed by atoms with Gasteiger partial charge in [0.1, 0.15) is 11.8 Å². The molecule has 0 saturated heterocycles. The zero-order valence-corrected chi connectivity index (χ0v) is 13.9. The minimum Gasteiger partial charge on any atom is -0.490 e. The van der Waals surface area contributed by atoms with E-state index in [1.165, 1.54) is 31.6 Å². The molecule has 0 saturated carbocycles. The molecule has 7 heteroatoms. The topological polar surface area (TPSA) is 94.6 Å². The molecular weight excluding hydrogens is 336 g/mol. The van der Waals surface area contributed by atoms with Crippen LogP contribution < -0.4 is 10.1 Å². The molecule has 3 aromatic rings. The van der Waals surface area contributed by atoms with E-state index in [1.54, 1.807) is 12.1 Å². The van der Waals surface area contributed by atoms with Crippen LogP contribution in [-0.2, 0) is 0 Å². The van der Waals surface area contributed by atoms with E-state index in [2.05, 4.69) is 5.32 Å². The summed E-state index contributed by atoms with van der Waals surface area (Å²) in [6.07, 6.45) is 1.52. The van der Waals surface area contributed by atoms with Crippen molar-refractivity contribution in [3.05, 3.63) is 93.9 Å². The normalized spacial score (nSPS) is 11.6. The Bertz CT molecular complexity index is 907. The number of nitro benzene ring substituents is 1. The fraction of sp³-hybridized carbons (Fsp3) is 0.105. The van der Waals surface area contributed by atoms with Gasteiger partial charge in [-0.05, 0) is 29.8 Å². The molecule has 1 N–H and O–H groups in total. The van der Waals surface area contributed by atoms with Crippen molar-refractivity contribution >= 4 is 11.6 Å².